The Morgan fingerprint density at radius 3 is 1.47 bits per heavy atom. The van der Waals surface area contributed by atoms with Crippen LogP contribution in [-0.2, 0) is 32.5 Å². The van der Waals surface area contributed by atoms with E-state index in [-0.39, 0.29) is 32.5 Å². The Morgan fingerprint density at radius 1 is 0.373 bits per heavy atom. The van der Waals surface area contributed by atoms with E-state index in [2.05, 4.69) is 321 Å². The molecule has 0 spiro atoms. The lowest BCUT2D eigenvalue weighted by Gasteiger charge is -2.30. The van der Waals surface area contributed by atoms with Crippen LogP contribution in [0.25, 0.3) is 83.4 Å². The van der Waals surface area contributed by atoms with E-state index in [0.717, 1.165) is 61.5 Å². The average molecular weight is 1090 g/mol. The zero-order valence-electron chi connectivity index (χ0n) is 52.5. The van der Waals surface area contributed by atoms with Crippen molar-refractivity contribution < 1.29 is 9.30 Å². The second-order valence-electron chi connectivity index (χ2n) is 29.4. The van der Waals surface area contributed by atoms with Gasteiger partial charge in [0, 0.05) is 23.0 Å². The molecule has 0 saturated carbocycles. The minimum atomic E-state index is -0.158. The van der Waals surface area contributed by atoms with E-state index in [1.54, 1.807) is 0 Å². The number of hydrogen-bond acceptors (Lipinski definition) is 2. The number of pyridine rings is 1. The number of rotatable bonds is 8. The molecular weight excluding hydrogens is 1010 g/mol. The van der Waals surface area contributed by atoms with Gasteiger partial charge in [0.15, 0.2) is 0 Å². The normalized spacial score (nSPS) is 12.9. The van der Waals surface area contributed by atoms with Gasteiger partial charge in [-0.2, -0.15) is 0 Å². The van der Waals surface area contributed by atoms with Crippen LogP contribution in [0.2, 0.25) is 0 Å². The Kier molecular flexibility index (Phi) is 14.0. The van der Waals surface area contributed by atoms with Crippen molar-refractivity contribution in [2.75, 3.05) is 0 Å². The van der Waals surface area contributed by atoms with Crippen LogP contribution < -0.4 is 9.30 Å². The van der Waals surface area contributed by atoms with Gasteiger partial charge >= 0.3 is 0 Å². The van der Waals surface area contributed by atoms with Gasteiger partial charge in [-0.05, 0) is 154 Å². The lowest BCUT2D eigenvalue weighted by Crippen LogP contribution is -2.32. The molecule has 0 unspecified atom stereocenters. The standard InChI is InChI=1S/C78H84N4O/c1-73(2,3)54-35-36-79-71(46-54)82-67-34-31-51(50-25-20-19-21-26-50)41-66(67)63-33-32-62(48-70(63)82)83-61-28-24-27-60(47-61)80-49-81(69-30-23-22-29-68(69)80)72-64(52-37-55(74(4,5)6)42-56(38-52)75(7,8)9)44-59(78(16,17)18)45-65(72)53-39-57(76(10,11)12)43-58(40-53)77(13,14)15/h19-48H,1-18H3. The second kappa shape index (κ2) is 20.4. The highest BCUT2D eigenvalue weighted by molar-refractivity contribution is 6.10. The first-order valence-electron chi connectivity index (χ1n) is 29.8. The van der Waals surface area contributed by atoms with Crippen LogP contribution in [0.1, 0.15) is 158 Å². The van der Waals surface area contributed by atoms with Crippen LogP contribution in [0, 0.1) is 6.33 Å². The number of fused-ring (bicyclic) bond motifs is 4. The molecule has 0 fully saturated rings. The fraction of sp³-hybridized carbons (Fsp3) is 0.308. The molecule has 5 heteroatoms. The molecule has 11 rings (SSSR count). The third-order valence-corrected chi connectivity index (χ3v) is 16.7. The van der Waals surface area contributed by atoms with Crippen molar-refractivity contribution in [3.05, 3.63) is 222 Å². The first-order chi connectivity index (χ1) is 38.9. The highest BCUT2D eigenvalue weighted by Gasteiger charge is 2.30. The molecule has 3 aromatic heterocycles. The Balaban J connectivity index is 1.12. The monoisotopic (exact) mass is 1090 g/mol. The van der Waals surface area contributed by atoms with Crippen molar-refractivity contribution in [3.63, 3.8) is 0 Å². The molecule has 8 aromatic carbocycles. The van der Waals surface area contributed by atoms with E-state index >= 15 is 0 Å². The van der Waals surface area contributed by atoms with E-state index in [9.17, 15) is 0 Å². The summed E-state index contributed by atoms with van der Waals surface area (Å²) in [7, 11) is 0. The van der Waals surface area contributed by atoms with Crippen molar-refractivity contribution in [2.24, 2.45) is 0 Å². The Labute approximate surface area is 494 Å². The summed E-state index contributed by atoms with van der Waals surface area (Å²) in [4.78, 5) is 5.01. The van der Waals surface area contributed by atoms with Crippen LogP contribution in [0.5, 0.6) is 11.5 Å². The number of nitrogens with zero attached hydrogens (tertiary/aromatic N) is 4. The van der Waals surface area contributed by atoms with E-state index < -0.39 is 0 Å². The van der Waals surface area contributed by atoms with Crippen molar-refractivity contribution >= 4 is 32.8 Å². The molecule has 0 aliphatic carbocycles. The molecule has 5 nitrogen and oxygen atoms in total. The predicted molar refractivity (Wildman–Crippen MR) is 351 cm³/mol. The van der Waals surface area contributed by atoms with Crippen LogP contribution >= 0.6 is 0 Å². The van der Waals surface area contributed by atoms with Gasteiger partial charge in [-0.3, -0.25) is 13.7 Å². The fourth-order valence-corrected chi connectivity index (χ4v) is 11.4. The zero-order valence-corrected chi connectivity index (χ0v) is 52.5. The number of benzene rings is 8. The number of aromatic nitrogens is 4. The lowest BCUT2D eigenvalue weighted by molar-refractivity contribution is -0.571. The summed E-state index contributed by atoms with van der Waals surface area (Å²) in [6.07, 6.45) is 5.97. The summed E-state index contributed by atoms with van der Waals surface area (Å²) in [5.41, 5.74) is 20.5. The van der Waals surface area contributed by atoms with Crippen LogP contribution in [0.4, 0.5) is 0 Å². The van der Waals surface area contributed by atoms with Crippen molar-refractivity contribution in [1.29, 1.82) is 0 Å². The summed E-state index contributed by atoms with van der Waals surface area (Å²) in [6, 6.07) is 65.0. The zero-order chi connectivity index (χ0) is 59.3. The average Bonchev–Trinajstić information content (AvgIpc) is 2.20. The Morgan fingerprint density at radius 2 is 0.904 bits per heavy atom. The number of ether oxygens (including phenoxy) is 1. The largest absolute Gasteiger partial charge is 0.458 e. The molecular formula is C78H84N4O. The highest BCUT2D eigenvalue weighted by Crippen LogP contribution is 2.45. The SMILES string of the molecule is CC(C)(C)c1cc(-c2cc(C(C)(C)C)cc(-c3cc(C(C)(C)C)cc(C(C)(C)C)c3)c2-[n+]2[c-]n(-c3cccc(Oc4ccc5c6cc(-c7ccccc7)ccc6n(-c6cc(C(C)(C)C)ccn6)c5c4)c3)c3ccccc32)cc(C(C)(C)C)c1. The smallest absolute Gasteiger partial charge is 0.269 e. The molecule has 0 N–H and O–H groups in total. The fourth-order valence-electron chi connectivity index (χ4n) is 11.4. The summed E-state index contributed by atoms with van der Waals surface area (Å²) in [5, 5.41) is 2.29. The van der Waals surface area contributed by atoms with Gasteiger partial charge in [0.05, 0.1) is 33.4 Å². The topological polar surface area (TPSA) is 35.9 Å². The van der Waals surface area contributed by atoms with Crippen molar-refractivity contribution in [1.82, 2.24) is 14.1 Å². The maximum absolute atomic E-state index is 7.00. The van der Waals surface area contributed by atoms with Crippen LogP contribution in [0.3, 0.4) is 0 Å². The highest BCUT2D eigenvalue weighted by atomic mass is 16.5. The molecule has 0 aliphatic heterocycles. The van der Waals surface area contributed by atoms with Crippen LogP contribution in [0.15, 0.2) is 182 Å². The molecule has 0 saturated heterocycles. The molecule has 0 amide bonds. The molecule has 11 aromatic rings. The second-order valence-corrected chi connectivity index (χ2v) is 29.4. The summed E-state index contributed by atoms with van der Waals surface area (Å²) >= 11 is 0. The molecule has 0 radical (unpaired) electrons. The van der Waals surface area contributed by atoms with Gasteiger partial charge in [-0.1, -0.05) is 240 Å². The van der Waals surface area contributed by atoms with E-state index in [0.29, 0.717) is 0 Å². The van der Waals surface area contributed by atoms with Gasteiger partial charge in [-0.15, -0.1) is 0 Å². The molecule has 0 aliphatic rings. The predicted octanol–water partition coefficient (Wildman–Crippen LogP) is 20.8. The first-order valence-corrected chi connectivity index (χ1v) is 29.8. The minimum Gasteiger partial charge on any atom is -0.458 e. The molecule has 0 bridgehead atoms. The van der Waals surface area contributed by atoms with Gasteiger partial charge in [-0.25, -0.2) is 4.98 Å². The number of imidazole rings is 1. The van der Waals surface area contributed by atoms with Gasteiger partial charge in [0.25, 0.3) is 6.33 Å². The lowest BCUT2D eigenvalue weighted by atomic mass is 9.76. The maximum Gasteiger partial charge on any atom is 0.269 e. The van der Waals surface area contributed by atoms with E-state index in [1.165, 1.54) is 66.8 Å². The maximum atomic E-state index is 7.00. The van der Waals surface area contributed by atoms with E-state index in [4.69, 9.17) is 9.72 Å². The number of hydrogen-bond donors (Lipinski definition) is 0. The molecule has 3 heterocycles. The van der Waals surface area contributed by atoms with Gasteiger partial charge in [0.1, 0.15) is 17.3 Å². The summed E-state index contributed by atoms with van der Waals surface area (Å²) in [6.45, 7) is 41.8. The quantitative estimate of drug-likeness (QED) is 0.112. The Hall–Kier alpha value is -8.02. The molecule has 0 atom stereocenters. The van der Waals surface area contributed by atoms with E-state index in [1.807, 2.05) is 6.20 Å². The van der Waals surface area contributed by atoms with Crippen LogP contribution in [-0.4, -0.2) is 14.1 Å². The molecule has 83 heavy (non-hydrogen) atoms. The Bertz CT molecular complexity index is 4110. The summed E-state index contributed by atoms with van der Waals surface area (Å²) in [5.74, 6) is 2.33. The van der Waals surface area contributed by atoms with Gasteiger partial charge < -0.3 is 4.74 Å². The van der Waals surface area contributed by atoms with Gasteiger partial charge in [0.2, 0.25) is 0 Å². The third-order valence-electron chi connectivity index (χ3n) is 16.7. The first kappa shape index (κ1) is 56.8. The van der Waals surface area contributed by atoms with Crippen molar-refractivity contribution in [2.45, 2.75) is 157 Å². The third kappa shape index (κ3) is 11.2. The summed E-state index contributed by atoms with van der Waals surface area (Å²) < 4.78 is 13.8. The molecule has 422 valence electrons. The minimum absolute atomic E-state index is 0.0537. The number of para-hydroxylation sites is 2. The van der Waals surface area contributed by atoms with Crippen molar-refractivity contribution in [3.8, 4) is 62.1 Å².